The molecule has 1 N–H and O–H groups in total. The van der Waals surface area contributed by atoms with Crippen LogP contribution in [0.4, 0.5) is 0 Å². The molecule has 1 amide bonds. The van der Waals surface area contributed by atoms with Crippen LogP contribution >= 0.6 is 0 Å². The van der Waals surface area contributed by atoms with Gasteiger partial charge in [-0.2, -0.15) is 4.72 Å². The number of amides is 1. The highest BCUT2D eigenvalue weighted by Crippen LogP contribution is 2.29. The summed E-state index contributed by atoms with van der Waals surface area (Å²) in [6, 6.07) is 26.6. The van der Waals surface area contributed by atoms with E-state index in [1.807, 2.05) is 43.3 Å². The fraction of sp³-hybridized carbons (Fsp3) is 0.296. The second-order valence-corrected chi connectivity index (χ2v) is 10.5. The maximum Gasteiger partial charge on any atom is 0.241 e. The van der Waals surface area contributed by atoms with E-state index in [1.54, 1.807) is 36.1 Å². The lowest BCUT2D eigenvalue weighted by atomic mass is 9.96. The van der Waals surface area contributed by atoms with Crippen LogP contribution in [-0.2, 0) is 14.8 Å². The van der Waals surface area contributed by atoms with Gasteiger partial charge in [0.05, 0.1) is 17.0 Å². The Morgan fingerprint density at radius 3 is 1.79 bits per heavy atom. The lowest BCUT2D eigenvalue weighted by molar-refractivity contribution is -0.134. The minimum absolute atomic E-state index is 0.108. The van der Waals surface area contributed by atoms with E-state index in [4.69, 9.17) is 0 Å². The highest BCUT2D eigenvalue weighted by Gasteiger charge is 2.31. The molecule has 0 saturated carbocycles. The molecule has 3 aromatic rings. The molecule has 0 radical (unpaired) electrons. The number of hydrogen-bond acceptors (Lipinski definition) is 4. The van der Waals surface area contributed by atoms with Crippen LogP contribution in [0.1, 0.15) is 29.7 Å². The van der Waals surface area contributed by atoms with E-state index in [9.17, 15) is 13.2 Å². The van der Waals surface area contributed by atoms with Crippen LogP contribution in [0.3, 0.4) is 0 Å². The minimum atomic E-state index is -3.76. The third-order valence-electron chi connectivity index (χ3n) is 6.26. The number of rotatable bonds is 7. The van der Waals surface area contributed by atoms with Crippen molar-refractivity contribution in [2.24, 2.45) is 0 Å². The van der Waals surface area contributed by atoms with Crippen LogP contribution in [0, 0.1) is 6.92 Å². The first-order valence-electron chi connectivity index (χ1n) is 11.6. The van der Waals surface area contributed by atoms with Crippen LogP contribution in [0.25, 0.3) is 0 Å². The number of piperazine rings is 1. The maximum atomic E-state index is 13.1. The normalized spacial score (nSPS) is 15.9. The van der Waals surface area contributed by atoms with Crippen LogP contribution in [-0.4, -0.2) is 56.3 Å². The summed E-state index contributed by atoms with van der Waals surface area (Å²) in [4.78, 5) is 17.4. The summed E-state index contributed by atoms with van der Waals surface area (Å²) in [5.74, 6) is -0.202. The summed E-state index contributed by atoms with van der Waals surface area (Å²) in [5.41, 5.74) is 3.41. The fourth-order valence-electron chi connectivity index (χ4n) is 4.43. The Labute approximate surface area is 202 Å². The smallest absolute Gasteiger partial charge is 0.241 e. The first-order chi connectivity index (χ1) is 16.3. The molecule has 1 aliphatic heterocycles. The van der Waals surface area contributed by atoms with Gasteiger partial charge >= 0.3 is 0 Å². The molecule has 0 unspecified atom stereocenters. The second-order valence-electron chi connectivity index (χ2n) is 8.74. The van der Waals surface area contributed by atoms with Crippen LogP contribution in [0.2, 0.25) is 0 Å². The van der Waals surface area contributed by atoms with E-state index in [0.717, 1.165) is 5.56 Å². The third-order valence-corrected chi connectivity index (χ3v) is 7.81. The van der Waals surface area contributed by atoms with Gasteiger partial charge in [-0.25, -0.2) is 8.42 Å². The van der Waals surface area contributed by atoms with Crippen molar-refractivity contribution in [2.45, 2.75) is 30.8 Å². The minimum Gasteiger partial charge on any atom is -0.339 e. The number of benzene rings is 3. The van der Waals surface area contributed by atoms with Gasteiger partial charge in [-0.3, -0.25) is 9.69 Å². The van der Waals surface area contributed by atoms with Gasteiger partial charge in [-0.1, -0.05) is 78.4 Å². The molecule has 0 aliphatic carbocycles. The number of hydrogen-bond donors (Lipinski definition) is 1. The van der Waals surface area contributed by atoms with Crippen molar-refractivity contribution in [3.05, 3.63) is 102 Å². The lowest BCUT2D eigenvalue weighted by Crippen LogP contribution is -2.54. The summed E-state index contributed by atoms with van der Waals surface area (Å²) in [7, 11) is -3.76. The van der Waals surface area contributed by atoms with Crippen LogP contribution in [0.5, 0.6) is 0 Å². The summed E-state index contributed by atoms with van der Waals surface area (Å²) in [6.07, 6.45) is 0. The number of aryl methyl sites for hydroxylation is 1. The average Bonchev–Trinajstić information content (AvgIpc) is 2.85. The SMILES string of the molecule is Cc1ccc(S(=O)(=O)N[C@H](C)C(=O)N2CCN(C(c3ccccc3)c3ccccc3)CC2)cc1. The number of carbonyl (C=O) groups excluding carboxylic acids is 1. The molecule has 4 rings (SSSR count). The molecule has 7 heteroatoms. The summed E-state index contributed by atoms with van der Waals surface area (Å²) >= 11 is 0. The maximum absolute atomic E-state index is 13.1. The standard InChI is InChI=1S/C27H31N3O3S/c1-21-13-15-25(16-14-21)34(32,33)28-22(2)27(31)30-19-17-29(18-20-30)26(23-9-5-3-6-10-23)24-11-7-4-8-12-24/h3-16,22,26,28H,17-20H2,1-2H3/t22-/m1/s1. The molecule has 1 fully saturated rings. The molecule has 34 heavy (non-hydrogen) atoms. The molecule has 1 aliphatic rings. The molecular formula is C27H31N3O3S. The van der Waals surface area contributed by atoms with E-state index in [2.05, 4.69) is 33.9 Å². The van der Waals surface area contributed by atoms with E-state index in [0.29, 0.717) is 26.2 Å². The van der Waals surface area contributed by atoms with Crippen molar-refractivity contribution in [3.8, 4) is 0 Å². The van der Waals surface area contributed by atoms with E-state index >= 15 is 0 Å². The Hall–Kier alpha value is -3.00. The van der Waals surface area contributed by atoms with Gasteiger partial charge in [-0.05, 0) is 37.1 Å². The van der Waals surface area contributed by atoms with Crippen molar-refractivity contribution in [1.82, 2.24) is 14.5 Å². The van der Waals surface area contributed by atoms with E-state index in [1.165, 1.54) is 11.1 Å². The average molecular weight is 478 g/mol. The predicted molar refractivity (Wildman–Crippen MR) is 134 cm³/mol. The summed E-state index contributed by atoms with van der Waals surface area (Å²) < 4.78 is 28.0. The van der Waals surface area contributed by atoms with Crippen molar-refractivity contribution in [2.75, 3.05) is 26.2 Å². The molecule has 178 valence electrons. The van der Waals surface area contributed by atoms with Crippen molar-refractivity contribution < 1.29 is 13.2 Å². The van der Waals surface area contributed by atoms with Crippen molar-refractivity contribution in [3.63, 3.8) is 0 Å². The first kappa shape index (κ1) is 24.1. The Kier molecular flexibility index (Phi) is 7.46. The van der Waals surface area contributed by atoms with Gasteiger partial charge in [0.25, 0.3) is 0 Å². The topological polar surface area (TPSA) is 69.7 Å². The molecule has 1 saturated heterocycles. The quantitative estimate of drug-likeness (QED) is 0.565. The summed E-state index contributed by atoms with van der Waals surface area (Å²) in [6.45, 7) is 6.01. The van der Waals surface area contributed by atoms with Gasteiger partial charge in [0.2, 0.25) is 15.9 Å². The Morgan fingerprint density at radius 2 is 1.29 bits per heavy atom. The molecule has 0 bridgehead atoms. The van der Waals surface area contributed by atoms with Gasteiger partial charge in [0.15, 0.2) is 0 Å². The van der Waals surface area contributed by atoms with Crippen LogP contribution < -0.4 is 4.72 Å². The molecule has 0 spiro atoms. The zero-order valence-corrected chi connectivity index (χ0v) is 20.4. The zero-order valence-electron chi connectivity index (χ0n) is 19.6. The van der Waals surface area contributed by atoms with E-state index in [-0.39, 0.29) is 16.8 Å². The molecule has 1 atom stereocenters. The monoisotopic (exact) mass is 477 g/mol. The Morgan fingerprint density at radius 1 is 0.794 bits per heavy atom. The van der Waals surface area contributed by atoms with Gasteiger partial charge in [-0.15, -0.1) is 0 Å². The first-order valence-corrected chi connectivity index (χ1v) is 13.1. The highest BCUT2D eigenvalue weighted by molar-refractivity contribution is 7.89. The molecule has 0 aromatic heterocycles. The Balaban J connectivity index is 1.42. The zero-order chi connectivity index (χ0) is 24.1. The molecule has 3 aromatic carbocycles. The fourth-order valence-corrected chi connectivity index (χ4v) is 5.62. The van der Waals surface area contributed by atoms with Gasteiger partial charge in [0.1, 0.15) is 0 Å². The van der Waals surface area contributed by atoms with Gasteiger partial charge in [0, 0.05) is 26.2 Å². The second kappa shape index (κ2) is 10.5. The predicted octanol–water partition coefficient (Wildman–Crippen LogP) is 3.60. The van der Waals surface area contributed by atoms with Crippen molar-refractivity contribution in [1.29, 1.82) is 0 Å². The molecule has 1 heterocycles. The number of nitrogens with one attached hydrogen (secondary N) is 1. The van der Waals surface area contributed by atoms with Crippen LogP contribution in [0.15, 0.2) is 89.8 Å². The number of sulfonamides is 1. The summed E-state index contributed by atoms with van der Waals surface area (Å²) in [5, 5.41) is 0. The molecular weight excluding hydrogens is 446 g/mol. The largest absolute Gasteiger partial charge is 0.339 e. The van der Waals surface area contributed by atoms with Crippen molar-refractivity contribution >= 4 is 15.9 Å². The van der Waals surface area contributed by atoms with Gasteiger partial charge < -0.3 is 4.90 Å². The Bertz CT molecular complexity index is 1150. The lowest BCUT2D eigenvalue weighted by Gasteiger charge is -2.40. The number of carbonyl (C=O) groups is 1. The molecule has 6 nitrogen and oxygen atoms in total. The van der Waals surface area contributed by atoms with E-state index < -0.39 is 16.1 Å². The highest BCUT2D eigenvalue weighted by atomic mass is 32.2. The number of nitrogens with zero attached hydrogens (tertiary/aromatic N) is 2. The third kappa shape index (κ3) is 5.55.